The maximum Gasteiger partial charge on any atom is 0.335 e. The van der Waals surface area contributed by atoms with Crippen LogP contribution in [-0.4, -0.2) is 36.7 Å². The number of ketones is 2. The Kier molecular flexibility index (Phi) is 6.36. The summed E-state index contributed by atoms with van der Waals surface area (Å²) in [5.41, 5.74) is 1.54. The molecule has 34 heavy (non-hydrogen) atoms. The molecule has 1 spiro atoms. The summed E-state index contributed by atoms with van der Waals surface area (Å²) in [5.74, 6) is -1.93. The molecule has 180 valence electrons. The average Bonchev–Trinajstić information content (AvgIpc) is 2.92. The van der Waals surface area contributed by atoms with Crippen molar-refractivity contribution in [3.63, 3.8) is 0 Å². The maximum absolute atomic E-state index is 13.7. The van der Waals surface area contributed by atoms with Gasteiger partial charge in [-0.3, -0.25) is 9.59 Å². The van der Waals surface area contributed by atoms with E-state index in [2.05, 4.69) is 0 Å². The molecular weight excluding hydrogens is 432 g/mol. The number of fused-ring (bicyclic) bond motifs is 3. The van der Waals surface area contributed by atoms with E-state index >= 15 is 0 Å². The van der Waals surface area contributed by atoms with Crippen molar-refractivity contribution < 1.29 is 28.7 Å². The molecule has 1 aromatic carbocycles. The van der Waals surface area contributed by atoms with Crippen LogP contribution in [0.4, 0.5) is 0 Å². The molecule has 1 fully saturated rings. The Labute approximate surface area is 200 Å². The lowest BCUT2D eigenvalue weighted by atomic mass is 9.58. The molecular formula is C28H32O6. The van der Waals surface area contributed by atoms with Crippen molar-refractivity contribution in [2.75, 3.05) is 13.2 Å². The van der Waals surface area contributed by atoms with E-state index in [1.54, 1.807) is 13.8 Å². The van der Waals surface area contributed by atoms with Crippen molar-refractivity contribution in [2.24, 2.45) is 16.7 Å². The first kappa shape index (κ1) is 24.1. The van der Waals surface area contributed by atoms with Gasteiger partial charge < -0.3 is 9.47 Å². The second kappa shape index (κ2) is 8.97. The Bertz CT molecular complexity index is 1100. The third-order valence-electron chi connectivity index (χ3n) is 7.31. The van der Waals surface area contributed by atoms with Crippen LogP contribution in [0, 0.1) is 16.7 Å². The highest BCUT2D eigenvalue weighted by Gasteiger charge is 2.55. The molecule has 6 heteroatoms. The fourth-order valence-corrected chi connectivity index (χ4v) is 5.78. The zero-order chi connectivity index (χ0) is 24.7. The van der Waals surface area contributed by atoms with E-state index in [4.69, 9.17) is 9.47 Å². The molecule has 1 saturated carbocycles. The van der Waals surface area contributed by atoms with Gasteiger partial charge in [0.25, 0.3) is 0 Å². The molecule has 1 atom stereocenters. The number of esters is 2. The molecule has 0 saturated heterocycles. The summed E-state index contributed by atoms with van der Waals surface area (Å²) in [6.07, 6.45) is 3.23. The van der Waals surface area contributed by atoms with Crippen molar-refractivity contribution in [3.8, 4) is 0 Å². The van der Waals surface area contributed by atoms with E-state index < -0.39 is 28.7 Å². The first-order chi connectivity index (χ1) is 16.1. The number of benzene rings is 1. The number of carbonyl (C=O) groups is 4. The van der Waals surface area contributed by atoms with Gasteiger partial charge in [0.1, 0.15) is 11.6 Å². The van der Waals surface area contributed by atoms with Crippen LogP contribution in [0.2, 0.25) is 0 Å². The van der Waals surface area contributed by atoms with Gasteiger partial charge >= 0.3 is 11.9 Å². The highest BCUT2D eigenvalue weighted by Crippen LogP contribution is 2.53. The molecule has 0 bridgehead atoms. The van der Waals surface area contributed by atoms with Crippen molar-refractivity contribution in [3.05, 3.63) is 52.6 Å². The predicted octanol–water partition coefficient (Wildman–Crippen LogP) is 4.40. The number of hydrogen-bond donors (Lipinski definition) is 0. The van der Waals surface area contributed by atoms with Gasteiger partial charge in [-0.25, -0.2) is 9.59 Å². The van der Waals surface area contributed by atoms with Crippen LogP contribution in [0.5, 0.6) is 0 Å². The van der Waals surface area contributed by atoms with Crippen LogP contribution in [0.15, 0.2) is 41.5 Å². The minimum atomic E-state index is -1.24. The summed E-state index contributed by atoms with van der Waals surface area (Å²) >= 11 is 0. The Morgan fingerprint density at radius 1 is 0.941 bits per heavy atom. The average molecular weight is 465 g/mol. The lowest BCUT2D eigenvalue weighted by Crippen LogP contribution is -2.50. The molecule has 0 aliphatic heterocycles. The Hall–Kier alpha value is -3.02. The fraction of sp³-hybridized carbons (Fsp3) is 0.500. The van der Waals surface area contributed by atoms with Crippen LogP contribution >= 0.6 is 0 Å². The molecule has 3 aliphatic rings. The van der Waals surface area contributed by atoms with Crippen molar-refractivity contribution in [1.29, 1.82) is 0 Å². The zero-order valence-corrected chi connectivity index (χ0v) is 20.4. The van der Waals surface area contributed by atoms with Crippen molar-refractivity contribution >= 4 is 29.1 Å². The number of carbonyl (C=O) groups excluding carboxylic acids is 4. The van der Waals surface area contributed by atoms with Gasteiger partial charge in [0, 0.05) is 18.8 Å². The fourth-order valence-electron chi connectivity index (χ4n) is 5.78. The quantitative estimate of drug-likeness (QED) is 0.485. The summed E-state index contributed by atoms with van der Waals surface area (Å²) in [6, 6.07) is 7.74. The van der Waals surface area contributed by atoms with Gasteiger partial charge in [0.15, 0.2) is 0 Å². The normalized spacial score (nSPS) is 22.9. The summed E-state index contributed by atoms with van der Waals surface area (Å²) in [6.45, 7) is 7.63. The van der Waals surface area contributed by atoms with Crippen LogP contribution in [0.1, 0.15) is 64.5 Å². The third-order valence-corrected chi connectivity index (χ3v) is 7.31. The Balaban J connectivity index is 1.93. The second-order valence-electron chi connectivity index (χ2n) is 10.2. The predicted molar refractivity (Wildman–Crippen MR) is 127 cm³/mol. The van der Waals surface area contributed by atoms with Crippen molar-refractivity contribution in [2.45, 2.75) is 59.8 Å². The topological polar surface area (TPSA) is 86.7 Å². The van der Waals surface area contributed by atoms with E-state index in [0.29, 0.717) is 19.3 Å². The van der Waals surface area contributed by atoms with Crippen molar-refractivity contribution in [1.82, 2.24) is 0 Å². The number of ether oxygens (including phenoxy) is 2. The minimum absolute atomic E-state index is 0.0868. The number of Topliss-reactive ketones (excluding diaryl/α,β-unsaturated/α-hetero) is 2. The molecule has 0 heterocycles. The molecule has 4 rings (SSSR count). The SMILES string of the molecule is CCOC(=O)C1=C(C(=O)OCC)C2CC3(Cc4ccccc4C2=CC1)C(=O)CC(C)(C)CC3=O. The maximum atomic E-state index is 13.7. The van der Waals surface area contributed by atoms with Gasteiger partial charge in [-0.2, -0.15) is 0 Å². The molecule has 0 amide bonds. The molecule has 1 aromatic rings. The summed E-state index contributed by atoms with van der Waals surface area (Å²) < 4.78 is 10.6. The van der Waals surface area contributed by atoms with Crippen LogP contribution in [-0.2, 0) is 35.1 Å². The molecule has 0 aromatic heterocycles. The minimum Gasteiger partial charge on any atom is -0.463 e. The van der Waals surface area contributed by atoms with E-state index in [-0.39, 0.29) is 48.8 Å². The van der Waals surface area contributed by atoms with Gasteiger partial charge in [-0.1, -0.05) is 44.2 Å². The highest BCUT2D eigenvalue weighted by molar-refractivity contribution is 6.11. The number of hydrogen-bond acceptors (Lipinski definition) is 6. The van der Waals surface area contributed by atoms with Gasteiger partial charge in [0.05, 0.1) is 29.8 Å². The molecule has 3 aliphatic carbocycles. The third kappa shape index (κ3) is 4.04. The van der Waals surface area contributed by atoms with Crippen LogP contribution in [0.3, 0.4) is 0 Å². The monoisotopic (exact) mass is 464 g/mol. The zero-order valence-electron chi connectivity index (χ0n) is 20.4. The van der Waals surface area contributed by atoms with E-state index in [0.717, 1.165) is 16.7 Å². The number of rotatable bonds is 4. The summed E-state index contributed by atoms with van der Waals surface area (Å²) in [7, 11) is 0. The lowest BCUT2D eigenvalue weighted by molar-refractivity contribution is -0.150. The molecule has 0 radical (unpaired) electrons. The second-order valence-corrected chi connectivity index (χ2v) is 10.2. The van der Waals surface area contributed by atoms with E-state index in [1.165, 1.54) is 0 Å². The highest BCUT2D eigenvalue weighted by atomic mass is 16.5. The van der Waals surface area contributed by atoms with Gasteiger partial charge in [-0.05, 0) is 55.2 Å². The Morgan fingerprint density at radius 3 is 2.21 bits per heavy atom. The summed E-state index contributed by atoms with van der Waals surface area (Å²) in [4.78, 5) is 53.5. The standard InChI is InChI=1S/C28H32O6/c1-5-33-25(31)20-12-11-19-18-10-8-7-9-17(18)13-28(14-21(19)24(20)26(32)34-6-2)22(29)15-27(3,4)16-23(28)30/h7-11,21H,5-6,12-16H2,1-4H3. The molecule has 0 N–H and O–H groups in total. The van der Waals surface area contributed by atoms with Crippen LogP contribution < -0.4 is 0 Å². The summed E-state index contributed by atoms with van der Waals surface area (Å²) in [5, 5.41) is 0. The lowest BCUT2D eigenvalue weighted by Gasteiger charge is -2.42. The van der Waals surface area contributed by atoms with Gasteiger partial charge in [0.2, 0.25) is 0 Å². The van der Waals surface area contributed by atoms with Gasteiger partial charge in [-0.15, -0.1) is 0 Å². The first-order valence-corrected chi connectivity index (χ1v) is 12.1. The molecule has 6 nitrogen and oxygen atoms in total. The largest absolute Gasteiger partial charge is 0.463 e. The molecule has 1 unspecified atom stereocenters. The smallest absolute Gasteiger partial charge is 0.335 e. The van der Waals surface area contributed by atoms with E-state index in [1.807, 2.05) is 44.2 Å². The number of allylic oxidation sites excluding steroid dienone is 2. The van der Waals surface area contributed by atoms with E-state index in [9.17, 15) is 19.2 Å². The first-order valence-electron chi connectivity index (χ1n) is 12.1. The van der Waals surface area contributed by atoms with Crippen LogP contribution in [0.25, 0.3) is 5.57 Å². The Morgan fingerprint density at radius 2 is 1.56 bits per heavy atom.